The summed E-state index contributed by atoms with van der Waals surface area (Å²) in [7, 11) is 0. The molecule has 1 heterocycles. The van der Waals surface area contributed by atoms with Gasteiger partial charge in [-0.25, -0.2) is 0 Å². The number of nitrogens with one attached hydrogen (secondary N) is 1. The molecule has 0 unspecified atom stereocenters. The maximum Gasteiger partial charge on any atom is 0.258 e. The number of anilines is 2. The number of rotatable bonds is 3. The van der Waals surface area contributed by atoms with Gasteiger partial charge in [0, 0.05) is 30.0 Å². The van der Waals surface area contributed by atoms with Crippen LogP contribution in [-0.4, -0.2) is 19.0 Å². The van der Waals surface area contributed by atoms with Gasteiger partial charge < -0.3 is 10.2 Å². The lowest BCUT2D eigenvalue weighted by atomic mass is 10.1. The van der Waals surface area contributed by atoms with Crippen molar-refractivity contribution in [2.45, 2.75) is 20.3 Å². The predicted octanol–water partition coefficient (Wildman–Crippen LogP) is 3.63. The van der Waals surface area contributed by atoms with Crippen molar-refractivity contribution < 1.29 is 4.79 Å². The fourth-order valence-electron chi connectivity index (χ4n) is 2.88. The summed E-state index contributed by atoms with van der Waals surface area (Å²) in [5.74, 6) is 0.0708. The van der Waals surface area contributed by atoms with Gasteiger partial charge in [-0.15, -0.1) is 0 Å². The Labute approximate surface area is 125 Å². The van der Waals surface area contributed by atoms with Crippen molar-refractivity contribution in [3.63, 3.8) is 0 Å². The standard InChI is InChI=1S/C18H20N2O/c1-3-20(17-7-5-4-6-13(17)2)18(21)15-8-9-16-14(12-15)10-11-19-16/h4-9,12,19H,3,10-11H2,1-2H3. The van der Waals surface area contributed by atoms with Gasteiger partial charge in [-0.3, -0.25) is 4.79 Å². The molecule has 3 heteroatoms. The molecule has 1 N–H and O–H groups in total. The highest BCUT2D eigenvalue weighted by molar-refractivity contribution is 6.06. The molecule has 0 saturated carbocycles. The molecular formula is C18H20N2O. The highest BCUT2D eigenvalue weighted by Gasteiger charge is 2.19. The second kappa shape index (κ2) is 5.60. The zero-order valence-corrected chi connectivity index (χ0v) is 12.5. The lowest BCUT2D eigenvalue weighted by Crippen LogP contribution is -2.31. The molecule has 0 aromatic heterocycles. The van der Waals surface area contributed by atoms with Crippen LogP contribution in [0.4, 0.5) is 11.4 Å². The minimum Gasteiger partial charge on any atom is -0.384 e. The van der Waals surface area contributed by atoms with E-state index in [2.05, 4.69) is 5.32 Å². The third-order valence-electron chi connectivity index (χ3n) is 4.03. The maximum atomic E-state index is 12.8. The SMILES string of the molecule is CCN(C(=O)c1ccc2c(c1)CCN2)c1ccccc1C. The number of hydrogen-bond acceptors (Lipinski definition) is 2. The Bertz CT molecular complexity index is 679. The van der Waals surface area contributed by atoms with Crippen LogP contribution in [0.1, 0.15) is 28.4 Å². The van der Waals surface area contributed by atoms with Crippen LogP contribution in [0.15, 0.2) is 42.5 Å². The van der Waals surface area contributed by atoms with Gasteiger partial charge in [0.15, 0.2) is 0 Å². The normalized spacial score (nSPS) is 12.7. The Morgan fingerprint density at radius 3 is 2.81 bits per heavy atom. The van der Waals surface area contributed by atoms with Crippen molar-refractivity contribution in [2.24, 2.45) is 0 Å². The topological polar surface area (TPSA) is 32.3 Å². The first-order chi connectivity index (χ1) is 10.2. The Kier molecular flexibility index (Phi) is 3.65. The highest BCUT2D eigenvalue weighted by atomic mass is 16.2. The number of benzene rings is 2. The summed E-state index contributed by atoms with van der Waals surface area (Å²) < 4.78 is 0. The average molecular weight is 280 g/mol. The maximum absolute atomic E-state index is 12.8. The van der Waals surface area contributed by atoms with Crippen molar-refractivity contribution in [1.29, 1.82) is 0 Å². The van der Waals surface area contributed by atoms with Crippen LogP contribution in [0, 0.1) is 6.92 Å². The Balaban J connectivity index is 1.94. The summed E-state index contributed by atoms with van der Waals surface area (Å²) >= 11 is 0. The molecule has 0 aliphatic carbocycles. The number of carbonyl (C=O) groups excluding carboxylic acids is 1. The minimum absolute atomic E-state index is 0.0708. The van der Waals surface area contributed by atoms with E-state index in [1.54, 1.807) is 0 Å². The van der Waals surface area contributed by atoms with E-state index >= 15 is 0 Å². The highest BCUT2D eigenvalue weighted by Crippen LogP contribution is 2.26. The van der Waals surface area contributed by atoms with Crippen molar-refractivity contribution in [1.82, 2.24) is 0 Å². The third kappa shape index (κ3) is 2.51. The van der Waals surface area contributed by atoms with Crippen LogP contribution < -0.4 is 10.2 Å². The number of amides is 1. The van der Waals surface area contributed by atoms with Crippen LogP contribution in [0.5, 0.6) is 0 Å². The quantitative estimate of drug-likeness (QED) is 0.931. The molecule has 1 amide bonds. The van der Waals surface area contributed by atoms with E-state index in [1.165, 1.54) is 5.56 Å². The fourth-order valence-corrected chi connectivity index (χ4v) is 2.88. The smallest absolute Gasteiger partial charge is 0.258 e. The van der Waals surface area contributed by atoms with Crippen LogP contribution in [-0.2, 0) is 6.42 Å². The van der Waals surface area contributed by atoms with Crippen molar-refractivity contribution in [3.8, 4) is 0 Å². The monoisotopic (exact) mass is 280 g/mol. The molecule has 0 radical (unpaired) electrons. The van der Waals surface area contributed by atoms with Gasteiger partial charge in [-0.05, 0) is 55.7 Å². The molecule has 0 bridgehead atoms. The lowest BCUT2D eigenvalue weighted by Gasteiger charge is -2.23. The summed E-state index contributed by atoms with van der Waals surface area (Å²) in [6.45, 7) is 5.68. The van der Waals surface area contributed by atoms with E-state index < -0.39 is 0 Å². The van der Waals surface area contributed by atoms with Gasteiger partial charge in [-0.2, -0.15) is 0 Å². The summed E-state index contributed by atoms with van der Waals surface area (Å²) in [5, 5.41) is 3.33. The van der Waals surface area contributed by atoms with E-state index in [1.807, 2.05) is 61.2 Å². The number of fused-ring (bicyclic) bond motifs is 1. The number of carbonyl (C=O) groups is 1. The molecule has 0 saturated heterocycles. The predicted molar refractivity (Wildman–Crippen MR) is 87.2 cm³/mol. The molecule has 108 valence electrons. The number of hydrogen-bond donors (Lipinski definition) is 1. The largest absolute Gasteiger partial charge is 0.384 e. The number of nitrogens with zero attached hydrogens (tertiary/aromatic N) is 1. The molecule has 0 fully saturated rings. The fraction of sp³-hybridized carbons (Fsp3) is 0.278. The Morgan fingerprint density at radius 2 is 2.05 bits per heavy atom. The van der Waals surface area contributed by atoms with Crippen LogP contribution >= 0.6 is 0 Å². The van der Waals surface area contributed by atoms with Crippen molar-refractivity contribution in [3.05, 3.63) is 59.2 Å². The van der Waals surface area contributed by atoms with Crippen LogP contribution in [0.2, 0.25) is 0 Å². The van der Waals surface area contributed by atoms with E-state index in [9.17, 15) is 4.79 Å². The second-order valence-corrected chi connectivity index (χ2v) is 5.38. The summed E-state index contributed by atoms with van der Waals surface area (Å²) in [5.41, 5.74) is 5.27. The molecule has 0 atom stereocenters. The van der Waals surface area contributed by atoms with Gasteiger partial charge in [0.1, 0.15) is 0 Å². The van der Waals surface area contributed by atoms with Gasteiger partial charge in [-0.1, -0.05) is 18.2 Å². The molecule has 1 aliphatic heterocycles. The lowest BCUT2D eigenvalue weighted by molar-refractivity contribution is 0.0988. The first kappa shape index (κ1) is 13.7. The molecule has 0 spiro atoms. The van der Waals surface area contributed by atoms with E-state index in [4.69, 9.17) is 0 Å². The summed E-state index contributed by atoms with van der Waals surface area (Å²) in [4.78, 5) is 14.7. The van der Waals surface area contributed by atoms with Gasteiger partial charge >= 0.3 is 0 Å². The van der Waals surface area contributed by atoms with E-state index in [0.717, 1.165) is 35.5 Å². The van der Waals surface area contributed by atoms with Crippen molar-refractivity contribution in [2.75, 3.05) is 23.3 Å². The summed E-state index contributed by atoms with van der Waals surface area (Å²) in [6, 6.07) is 14.0. The molecule has 2 aromatic carbocycles. The van der Waals surface area contributed by atoms with Crippen LogP contribution in [0.3, 0.4) is 0 Å². The second-order valence-electron chi connectivity index (χ2n) is 5.38. The van der Waals surface area contributed by atoms with Gasteiger partial charge in [0.25, 0.3) is 5.91 Å². The van der Waals surface area contributed by atoms with Crippen molar-refractivity contribution >= 4 is 17.3 Å². The summed E-state index contributed by atoms with van der Waals surface area (Å²) in [6.07, 6.45) is 0.993. The van der Waals surface area contributed by atoms with E-state index in [0.29, 0.717) is 6.54 Å². The van der Waals surface area contributed by atoms with Gasteiger partial charge in [0.05, 0.1) is 0 Å². The van der Waals surface area contributed by atoms with E-state index in [-0.39, 0.29) is 5.91 Å². The molecule has 1 aliphatic rings. The Morgan fingerprint density at radius 1 is 1.24 bits per heavy atom. The first-order valence-corrected chi connectivity index (χ1v) is 7.45. The molecular weight excluding hydrogens is 260 g/mol. The number of aryl methyl sites for hydroxylation is 1. The number of para-hydroxylation sites is 1. The zero-order chi connectivity index (χ0) is 14.8. The third-order valence-corrected chi connectivity index (χ3v) is 4.03. The van der Waals surface area contributed by atoms with Gasteiger partial charge in [0.2, 0.25) is 0 Å². The molecule has 21 heavy (non-hydrogen) atoms. The Hall–Kier alpha value is -2.29. The average Bonchev–Trinajstić information content (AvgIpc) is 2.97. The van der Waals surface area contributed by atoms with Crippen LogP contribution in [0.25, 0.3) is 0 Å². The minimum atomic E-state index is 0.0708. The molecule has 2 aromatic rings. The molecule has 3 rings (SSSR count). The zero-order valence-electron chi connectivity index (χ0n) is 12.5. The first-order valence-electron chi connectivity index (χ1n) is 7.45. The molecule has 3 nitrogen and oxygen atoms in total.